The van der Waals surface area contributed by atoms with Crippen molar-refractivity contribution in [1.29, 1.82) is 0 Å². The number of amides is 1. The Bertz CT molecular complexity index is 1330. The Morgan fingerprint density at radius 2 is 1.97 bits per heavy atom. The number of benzene rings is 2. The molecule has 1 fully saturated rings. The van der Waals surface area contributed by atoms with E-state index in [2.05, 4.69) is 35.2 Å². The molecule has 1 amide bonds. The molecule has 0 atom stereocenters. The normalized spacial score (nSPS) is 16.8. The molecule has 2 aromatic heterocycles. The summed E-state index contributed by atoms with van der Waals surface area (Å²) in [5.74, 6) is 0.940. The van der Waals surface area contributed by atoms with Gasteiger partial charge in [-0.25, -0.2) is 0 Å². The lowest BCUT2D eigenvalue weighted by molar-refractivity contribution is -0.00187. The zero-order valence-corrected chi connectivity index (χ0v) is 17.7. The lowest BCUT2D eigenvalue weighted by atomic mass is 9.81. The van der Waals surface area contributed by atoms with Crippen LogP contribution in [0.4, 0.5) is 0 Å². The van der Waals surface area contributed by atoms with Crippen LogP contribution in [0.5, 0.6) is 5.75 Å². The predicted octanol–water partition coefficient (Wildman–Crippen LogP) is 4.65. The molecule has 1 N–H and O–H groups in total. The van der Waals surface area contributed by atoms with Crippen LogP contribution in [0.25, 0.3) is 22.2 Å². The highest BCUT2D eigenvalue weighted by Crippen LogP contribution is 2.49. The third kappa shape index (κ3) is 2.71. The summed E-state index contributed by atoms with van der Waals surface area (Å²) in [6.07, 6.45) is 3.42. The van der Waals surface area contributed by atoms with Crippen molar-refractivity contribution in [3.05, 3.63) is 71.5 Å². The number of hydrogen-bond donors (Lipinski definition) is 1. The topological polar surface area (TPSA) is 63.1 Å². The number of carbonyl (C=O) groups is 1. The summed E-state index contributed by atoms with van der Waals surface area (Å²) >= 11 is 0. The van der Waals surface area contributed by atoms with E-state index in [9.17, 15) is 4.79 Å². The quantitative estimate of drug-likeness (QED) is 0.493. The van der Waals surface area contributed by atoms with Crippen molar-refractivity contribution in [2.45, 2.75) is 25.4 Å². The average Bonchev–Trinajstić information content (AvgIpc) is 3.38. The number of aryl methyl sites for hydroxylation is 2. The first-order valence-corrected chi connectivity index (χ1v) is 10.7. The van der Waals surface area contributed by atoms with Crippen molar-refractivity contribution in [3.8, 4) is 17.0 Å². The standard InChI is InChI=1S/C25H24N4O2.H2/c1-16-7-8-20-17(13-16)14-21(27-20)24(30)29-11-9-25(10-12-29)19-15-26-28(2)23(19)18-5-3-4-6-22(18)31-25;/h3-8,13-15,27H,9-12H2,1-2H3;1H. The van der Waals surface area contributed by atoms with E-state index in [4.69, 9.17) is 4.74 Å². The number of aromatic amines is 1. The van der Waals surface area contributed by atoms with Crippen molar-refractivity contribution in [2.75, 3.05) is 13.1 Å². The highest BCUT2D eigenvalue weighted by molar-refractivity contribution is 5.98. The molecule has 2 aliphatic heterocycles. The smallest absolute Gasteiger partial charge is 0.270 e. The molecule has 6 rings (SSSR count). The van der Waals surface area contributed by atoms with Gasteiger partial charge in [0.15, 0.2) is 0 Å². The van der Waals surface area contributed by atoms with Crippen molar-refractivity contribution in [1.82, 2.24) is 19.7 Å². The third-order valence-corrected chi connectivity index (χ3v) is 6.74. The molecule has 0 radical (unpaired) electrons. The van der Waals surface area contributed by atoms with Crippen LogP contribution in [0.2, 0.25) is 0 Å². The molecule has 158 valence electrons. The molecule has 2 aliphatic rings. The van der Waals surface area contributed by atoms with Crippen LogP contribution in [0, 0.1) is 6.92 Å². The van der Waals surface area contributed by atoms with Gasteiger partial charge in [0, 0.05) is 56.4 Å². The maximum absolute atomic E-state index is 13.2. The molecule has 0 bridgehead atoms. The van der Waals surface area contributed by atoms with Gasteiger partial charge < -0.3 is 14.6 Å². The fourth-order valence-electron chi connectivity index (χ4n) is 5.09. The fraction of sp³-hybridized carbons (Fsp3) is 0.280. The van der Waals surface area contributed by atoms with Crippen molar-refractivity contribution < 1.29 is 11.0 Å². The number of hydrogen-bond acceptors (Lipinski definition) is 3. The monoisotopic (exact) mass is 414 g/mol. The summed E-state index contributed by atoms with van der Waals surface area (Å²) in [6, 6.07) is 16.3. The van der Waals surface area contributed by atoms with Crippen LogP contribution >= 0.6 is 0 Å². The molecule has 0 saturated carbocycles. The number of H-pyrrole nitrogens is 1. The van der Waals surface area contributed by atoms with E-state index in [1.165, 1.54) is 5.56 Å². The Balaban J connectivity index is 0.00000216. The molecular formula is C25H26N4O2. The number of nitrogens with one attached hydrogen (secondary N) is 1. The highest BCUT2D eigenvalue weighted by Gasteiger charge is 2.45. The lowest BCUT2D eigenvalue weighted by Crippen LogP contribution is -2.49. The van der Waals surface area contributed by atoms with Gasteiger partial charge in [0.2, 0.25) is 0 Å². The van der Waals surface area contributed by atoms with Gasteiger partial charge in [-0.05, 0) is 37.3 Å². The number of aromatic nitrogens is 3. The van der Waals surface area contributed by atoms with E-state index in [1.54, 1.807) is 0 Å². The summed E-state index contributed by atoms with van der Waals surface area (Å²) in [4.78, 5) is 18.4. The van der Waals surface area contributed by atoms with Crippen molar-refractivity contribution in [3.63, 3.8) is 0 Å². The SMILES string of the molecule is Cc1ccc2[nH]c(C(=O)N3CCC4(CC3)Oc3ccccc3-c3c4cnn3C)cc2c1.[HH]. The predicted molar refractivity (Wildman–Crippen MR) is 121 cm³/mol. The van der Waals surface area contributed by atoms with Crippen LogP contribution < -0.4 is 4.74 Å². The summed E-state index contributed by atoms with van der Waals surface area (Å²) in [5.41, 5.74) is 5.71. The minimum Gasteiger partial charge on any atom is -0.482 e. The Morgan fingerprint density at radius 1 is 1.16 bits per heavy atom. The minimum absolute atomic E-state index is 0. The summed E-state index contributed by atoms with van der Waals surface area (Å²) in [5, 5.41) is 5.60. The molecular weight excluding hydrogens is 388 g/mol. The number of nitrogens with zero attached hydrogens (tertiary/aromatic N) is 3. The average molecular weight is 415 g/mol. The maximum atomic E-state index is 13.2. The summed E-state index contributed by atoms with van der Waals surface area (Å²) in [7, 11) is 1.98. The maximum Gasteiger partial charge on any atom is 0.270 e. The largest absolute Gasteiger partial charge is 0.482 e. The number of carbonyl (C=O) groups excluding carboxylic acids is 1. The van der Waals surface area contributed by atoms with E-state index in [0.717, 1.165) is 46.3 Å². The second-order valence-electron chi connectivity index (χ2n) is 8.69. The first-order valence-electron chi connectivity index (χ1n) is 10.7. The first kappa shape index (κ1) is 18.2. The molecule has 6 nitrogen and oxygen atoms in total. The van der Waals surface area contributed by atoms with Gasteiger partial charge in [-0.3, -0.25) is 9.48 Å². The Labute approximate surface area is 181 Å². The highest BCUT2D eigenvalue weighted by atomic mass is 16.5. The molecule has 1 saturated heterocycles. The van der Waals surface area contributed by atoms with Gasteiger partial charge in [-0.2, -0.15) is 5.10 Å². The van der Waals surface area contributed by atoms with E-state index < -0.39 is 5.60 Å². The van der Waals surface area contributed by atoms with Crippen LogP contribution in [0.1, 0.15) is 35.9 Å². The molecule has 6 heteroatoms. The zero-order chi connectivity index (χ0) is 21.2. The number of ether oxygens (including phenoxy) is 1. The van der Waals surface area contributed by atoms with E-state index in [0.29, 0.717) is 18.8 Å². The van der Waals surface area contributed by atoms with E-state index in [-0.39, 0.29) is 7.33 Å². The zero-order valence-electron chi connectivity index (χ0n) is 17.7. The van der Waals surface area contributed by atoms with Crippen molar-refractivity contribution >= 4 is 16.8 Å². The molecule has 1 spiro atoms. The summed E-state index contributed by atoms with van der Waals surface area (Å²) in [6.45, 7) is 3.35. The van der Waals surface area contributed by atoms with Gasteiger partial charge in [0.05, 0.1) is 11.9 Å². The second-order valence-corrected chi connectivity index (χ2v) is 8.69. The van der Waals surface area contributed by atoms with Crippen LogP contribution in [-0.4, -0.2) is 38.7 Å². The van der Waals surface area contributed by atoms with Gasteiger partial charge in [-0.1, -0.05) is 23.8 Å². The molecule has 4 heterocycles. The van der Waals surface area contributed by atoms with Gasteiger partial charge in [-0.15, -0.1) is 0 Å². The third-order valence-electron chi connectivity index (χ3n) is 6.74. The van der Waals surface area contributed by atoms with Gasteiger partial charge in [0.25, 0.3) is 5.91 Å². The molecule has 0 unspecified atom stereocenters. The summed E-state index contributed by atoms with van der Waals surface area (Å²) < 4.78 is 8.53. The number of para-hydroxylation sites is 1. The van der Waals surface area contributed by atoms with Crippen LogP contribution in [0.3, 0.4) is 0 Å². The second kappa shape index (κ2) is 6.48. The molecule has 2 aromatic carbocycles. The minimum atomic E-state index is -0.438. The molecule has 31 heavy (non-hydrogen) atoms. The fourth-order valence-corrected chi connectivity index (χ4v) is 5.09. The van der Waals surface area contributed by atoms with Gasteiger partial charge in [0.1, 0.15) is 17.0 Å². The number of rotatable bonds is 1. The van der Waals surface area contributed by atoms with Crippen LogP contribution in [0.15, 0.2) is 54.7 Å². The first-order chi connectivity index (χ1) is 15.0. The Kier molecular flexibility index (Phi) is 3.81. The van der Waals surface area contributed by atoms with E-state index in [1.807, 2.05) is 53.2 Å². The molecule has 0 aliphatic carbocycles. The Morgan fingerprint density at radius 3 is 2.81 bits per heavy atom. The van der Waals surface area contributed by atoms with Crippen molar-refractivity contribution in [2.24, 2.45) is 7.05 Å². The number of likely N-dealkylation sites (tertiary alicyclic amines) is 1. The van der Waals surface area contributed by atoms with Crippen LogP contribution in [-0.2, 0) is 12.6 Å². The lowest BCUT2D eigenvalue weighted by Gasteiger charge is -2.44. The molecule has 4 aromatic rings. The van der Waals surface area contributed by atoms with Gasteiger partial charge >= 0.3 is 0 Å². The number of piperidine rings is 1. The van der Waals surface area contributed by atoms with E-state index >= 15 is 0 Å². The number of fused-ring (bicyclic) bond motifs is 5. The Hall–Kier alpha value is -3.54.